The second-order valence-corrected chi connectivity index (χ2v) is 4.37. The highest BCUT2D eigenvalue weighted by molar-refractivity contribution is 6.17. The van der Waals surface area contributed by atoms with Crippen molar-refractivity contribution >= 4 is 17.6 Å². The topological polar surface area (TPSA) is 60.2 Å². The Labute approximate surface area is 107 Å². The molecule has 0 fully saturated rings. The van der Waals surface area contributed by atoms with Crippen molar-refractivity contribution in [3.05, 3.63) is 5.89 Å². The van der Waals surface area contributed by atoms with E-state index in [4.69, 9.17) is 20.8 Å². The normalized spacial score (nSPS) is 11.1. The van der Waals surface area contributed by atoms with E-state index in [2.05, 4.69) is 15.5 Å². The van der Waals surface area contributed by atoms with Crippen molar-refractivity contribution in [3.63, 3.8) is 0 Å². The van der Waals surface area contributed by atoms with E-state index in [1.807, 2.05) is 13.8 Å². The molecule has 1 heterocycles. The van der Waals surface area contributed by atoms with Crippen LogP contribution in [0.25, 0.3) is 0 Å². The van der Waals surface area contributed by atoms with Crippen molar-refractivity contribution in [2.45, 2.75) is 39.2 Å². The number of aryl methyl sites for hydroxylation is 1. The number of ether oxygens (including phenoxy) is 1. The molecule has 0 aliphatic rings. The molecule has 6 heteroatoms. The molecule has 0 bridgehead atoms. The Hall–Kier alpha value is -0.810. The predicted molar refractivity (Wildman–Crippen MR) is 67.5 cm³/mol. The van der Waals surface area contributed by atoms with E-state index in [-0.39, 0.29) is 0 Å². The fourth-order valence-electron chi connectivity index (χ4n) is 1.25. The van der Waals surface area contributed by atoms with E-state index in [0.717, 1.165) is 26.0 Å². The maximum Gasteiger partial charge on any atom is 0.315 e. The van der Waals surface area contributed by atoms with E-state index >= 15 is 0 Å². The molecule has 0 amide bonds. The molecule has 0 spiro atoms. The van der Waals surface area contributed by atoms with Crippen LogP contribution in [0.15, 0.2) is 4.42 Å². The molecule has 0 aliphatic carbocycles. The SMILES string of the molecule is CC(C)OCCCCNc1nnc(CCCl)o1. The standard InChI is InChI=1S/C11H20ClN3O2/c1-9(2)16-8-4-3-7-13-11-15-14-10(17-11)5-6-12/h9H,3-8H2,1-2H3,(H,13,15). The molecule has 1 aromatic heterocycles. The lowest BCUT2D eigenvalue weighted by molar-refractivity contribution is 0.0765. The Kier molecular flexibility index (Phi) is 6.96. The summed E-state index contributed by atoms with van der Waals surface area (Å²) in [6.07, 6.45) is 2.95. The maximum absolute atomic E-state index is 5.57. The van der Waals surface area contributed by atoms with Gasteiger partial charge < -0.3 is 14.5 Å². The lowest BCUT2D eigenvalue weighted by Crippen LogP contribution is -2.07. The number of aromatic nitrogens is 2. The van der Waals surface area contributed by atoms with Gasteiger partial charge in [0, 0.05) is 25.5 Å². The van der Waals surface area contributed by atoms with Crippen LogP contribution in [-0.2, 0) is 11.2 Å². The van der Waals surface area contributed by atoms with Crippen LogP contribution in [0.5, 0.6) is 0 Å². The third kappa shape index (κ3) is 6.48. The summed E-state index contributed by atoms with van der Waals surface area (Å²) in [7, 11) is 0. The summed E-state index contributed by atoms with van der Waals surface area (Å²) in [6, 6.07) is 0.467. The van der Waals surface area contributed by atoms with Crippen LogP contribution in [0.2, 0.25) is 0 Å². The number of unbranched alkanes of at least 4 members (excludes halogenated alkanes) is 1. The molecule has 0 radical (unpaired) electrons. The first-order valence-corrected chi connectivity index (χ1v) is 6.49. The molecule has 5 nitrogen and oxygen atoms in total. The van der Waals surface area contributed by atoms with Gasteiger partial charge in [-0.3, -0.25) is 0 Å². The molecule has 0 saturated carbocycles. The lowest BCUT2D eigenvalue weighted by Gasteiger charge is -2.06. The minimum Gasteiger partial charge on any atom is -0.408 e. The Morgan fingerprint density at radius 1 is 1.35 bits per heavy atom. The summed E-state index contributed by atoms with van der Waals surface area (Å²) in [5.41, 5.74) is 0. The van der Waals surface area contributed by atoms with Gasteiger partial charge >= 0.3 is 6.01 Å². The summed E-state index contributed by atoms with van der Waals surface area (Å²) in [6.45, 7) is 5.68. The maximum atomic E-state index is 5.57. The number of hydrogen-bond donors (Lipinski definition) is 1. The number of halogens is 1. The van der Waals surface area contributed by atoms with Crippen molar-refractivity contribution in [3.8, 4) is 0 Å². The van der Waals surface area contributed by atoms with Crippen LogP contribution in [0.4, 0.5) is 6.01 Å². The third-order valence-corrected chi connectivity index (χ3v) is 2.26. The van der Waals surface area contributed by atoms with Crippen molar-refractivity contribution in [2.24, 2.45) is 0 Å². The first kappa shape index (κ1) is 14.3. The molecule has 1 N–H and O–H groups in total. The Morgan fingerprint density at radius 2 is 2.18 bits per heavy atom. The van der Waals surface area contributed by atoms with Crippen LogP contribution in [0.3, 0.4) is 0 Å². The predicted octanol–water partition coefficient (Wildman–Crippen LogP) is 2.47. The van der Waals surface area contributed by atoms with E-state index in [9.17, 15) is 0 Å². The van der Waals surface area contributed by atoms with Gasteiger partial charge in [-0.25, -0.2) is 0 Å². The summed E-state index contributed by atoms with van der Waals surface area (Å²) in [4.78, 5) is 0. The van der Waals surface area contributed by atoms with Gasteiger partial charge in [-0.05, 0) is 26.7 Å². The number of rotatable bonds is 9. The first-order chi connectivity index (χ1) is 8.22. The molecule has 0 aliphatic heterocycles. The molecule has 0 unspecified atom stereocenters. The lowest BCUT2D eigenvalue weighted by atomic mass is 10.3. The summed E-state index contributed by atoms with van der Waals surface area (Å²) < 4.78 is 10.8. The molecule has 1 rings (SSSR count). The number of alkyl halides is 1. The van der Waals surface area contributed by atoms with Gasteiger partial charge in [-0.1, -0.05) is 5.10 Å². The average molecular weight is 262 g/mol. The van der Waals surface area contributed by atoms with E-state index in [0.29, 0.717) is 30.3 Å². The highest BCUT2D eigenvalue weighted by Crippen LogP contribution is 2.06. The zero-order chi connectivity index (χ0) is 12.5. The highest BCUT2D eigenvalue weighted by Gasteiger charge is 2.03. The fourth-order valence-corrected chi connectivity index (χ4v) is 1.41. The van der Waals surface area contributed by atoms with E-state index in [1.165, 1.54) is 0 Å². The van der Waals surface area contributed by atoms with Gasteiger partial charge in [-0.2, -0.15) is 0 Å². The van der Waals surface area contributed by atoms with E-state index < -0.39 is 0 Å². The van der Waals surface area contributed by atoms with Gasteiger partial charge in [0.2, 0.25) is 5.89 Å². The van der Waals surface area contributed by atoms with Crippen molar-refractivity contribution < 1.29 is 9.15 Å². The fraction of sp³-hybridized carbons (Fsp3) is 0.818. The first-order valence-electron chi connectivity index (χ1n) is 5.96. The van der Waals surface area contributed by atoms with Crippen molar-refractivity contribution in [1.82, 2.24) is 10.2 Å². The minimum absolute atomic E-state index is 0.303. The van der Waals surface area contributed by atoms with Crippen LogP contribution in [-0.4, -0.2) is 35.3 Å². The largest absolute Gasteiger partial charge is 0.408 e. The Bertz CT molecular complexity index is 305. The Morgan fingerprint density at radius 3 is 2.88 bits per heavy atom. The smallest absolute Gasteiger partial charge is 0.315 e. The average Bonchev–Trinajstić information content (AvgIpc) is 2.71. The molecule has 17 heavy (non-hydrogen) atoms. The van der Waals surface area contributed by atoms with Crippen molar-refractivity contribution in [2.75, 3.05) is 24.3 Å². The monoisotopic (exact) mass is 261 g/mol. The van der Waals surface area contributed by atoms with Crippen LogP contribution >= 0.6 is 11.6 Å². The van der Waals surface area contributed by atoms with Gasteiger partial charge in [0.1, 0.15) is 0 Å². The highest BCUT2D eigenvalue weighted by atomic mass is 35.5. The quantitative estimate of drug-likeness (QED) is 0.547. The minimum atomic E-state index is 0.303. The van der Waals surface area contributed by atoms with Crippen LogP contribution < -0.4 is 5.32 Å². The van der Waals surface area contributed by atoms with Gasteiger partial charge in [0.25, 0.3) is 0 Å². The summed E-state index contributed by atoms with van der Waals surface area (Å²) in [5, 5.41) is 10.8. The van der Waals surface area contributed by atoms with Crippen LogP contribution in [0, 0.1) is 0 Å². The van der Waals surface area contributed by atoms with Gasteiger partial charge in [-0.15, -0.1) is 16.7 Å². The molecule has 0 atom stereocenters. The second kappa shape index (κ2) is 8.31. The zero-order valence-electron chi connectivity index (χ0n) is 10.4. The zero-order valence-corrected chi connectivity index (χ0v) is 11.2. The number of hydrogen-bond acceptors (Lipinski definition) is 5. The van der Waals surface area contributed by atoms with Gasteiger partial charge in [0.05, 0.1) is 6.10 Å². The third-order valence-electron chi connectivity index (χ3n) is 2.07. The second-order valence-electron chi connectivity index (χ2n) is 3.99. The number of nitrogens with one attached hydrogen (secondary N) is 1. The van der Waals surface area contributed by atoms with Crippen molar-refractivity contribution in [1.29, 1.82) is 0 Å². The molecular weight excluding hydrogens is 242 g/mol. The molecule has 98 valence electrons. The summed E-state index contributed by atoms with van der Waals surface area (Å²) in [5.74, 6) is 1.07. The van der Waals surface area contributed by atoms with Crippen LogP contribution in [0.1, 0.15) is 32.6 Å². The number of nitrogens with zero attached hydrogens (tertiary/aromatic N) is 2. The molecule has 1 aromatic rings. The molecule has 0 aromatic carbocycles. The Balaban J connectivity index is 2.05. The summed E-state index contributed by atoms with van der Waals surface area (Å²) >= 11 is 5.57. The molecule has 0 saturated heterocycles. The van der Waals surface area contributed by atoms with E-state index in [1.54, 1.807) is 0 Å². The number of anilines is 1. The van der Waals surface area contributed by atoms with Gasteiger partial charge in [0.15, 0.2) is 0 Å². The molecular formula is C11H20ClN3O2.